The fourth-order valence-corrected chi connectivity index (χ4v) is 4.84. The standard InChI is InChI=1S/C24H25N3O2S/c1-26(2)24(29)18-9-6-10-19(15-18)25-22(28)16-27-13-11-21-20(12-14-30-21)23(27)17-7-4-3-5-8-17/h3-10,12,14-15,23H,11,13,16H2,1-2H3,(H,25,28)/t23-/m0/s1. The molecule has 2 amide bonds. The smallest absolute Gasteiger partial charge is 0.253 e. The monoisotopic (exact) mass is 419 g/mol. The summed E-state index contributed by atoms with van der Waals surface area (Å²) in [7, 11) is 3.43. The lowest BCUT2D eigenvalue weighted by molar-refractivity contribution is -0.117. The molecule has 2 heterocycles. The number of carbonyl (C=O) groups excluding carboxylic acids is 2. The molecule has 154 valence electrons. The number of hydrogen-bond donors (Lipinski definition) is 1. The molecule has 0 aliphatic carbocycles. The molecule has 6 heteroatoms. The average molecular weight is 420 g/mol. The number of rotatable bonds is 5. The highest BCUT2D eigenvalue weighted by Crippen LogP contribution is 2.37. The first-order chi connectivity index (χ1) is 14.5. The van der Waals surface area contributed by atoms with E-state index in [1.807, 2.05) is 24.3 Å². The number of hydrogen-bond acceptors (Lipinski definition) is 4. The SMILES string of the molecule is CN(C)C(=O)c1cccc(NC(=O)CN2CCc3sccc3[C@@H]2c2ccccc2)c1. The first-order valence-electron chi connectivity index (χ1n) is 10.00. The van der Waals surface area contributed by atoms with Crippen LogP contribution in [0.1, 0.15) is 32.4 Å². The van der Waals surface area contributed by atoms with Crippen LogP contribution in [-0.2, 0) is 11.2 Å². The Kier molecular flexibility index (Phi) is 5.97. The van der Waals surface area contributed by atoms with Crippen molar-refractivity contribution >= 4 is 28.8 Å². The van der Waals surface area contributed by atoms with E-state index >= 15 is 0 Å². The Bertz CT molecular complexity index is 1050. The third-order valence-corrected chi connectivity index (χ3v) is 6.32. The van der Waals surface area contributed by atoms with Gasteiger partial charge >= 0.3 is 0 Å². The molecule has 1 aliphatic heterocycles. The zero-order valence-electron chi connectivity index (χ0n) is 17.2. The van der Waals surface area contributed by atoms with Gasteiger partial charge in [-0.3, -0.25) is 14.5 Å². The first-order valence-corrected chi connectivity index (χ1v) is 10.9. The van der Waals surface area contributed by atoms with Gasteiger partial charge in [0.2, 0.25) is 5.91 Å². The predicted molar refractivity (Wildman–Crippen MR) is 121 cm³/mol. The van der Waals surface area contributed by atoms with Crippen LogP contribution in [0.15, 0.2) is 66.0 Å². The summed E-state index contributed by atoms with van der Waals surface area (Å²) >= 11 is 1.79. The second kappa shape index (κ2) is 8.81. The van der Waals surface area contributed by atoms with E-state index in [1.54, 1.807) is 43.6 Å². The molecule has 1 atom stereocenters. The molecule has 0 radical (unpaired) electrons. The Morgan fingerprint density at radius 3 is 2.67 bits per heavy atom. The van der Waals surface area contributed by atoms with Gasteiger partial charge in [0.05, 0.1) is 12.6 Å². The van der Waals surface area contributed by atoms with Crippen LogP contribution in [0, 0.1) is 0 Å². The summed E-state index contributed by atoms with van der Waals surface area (Å²) < 4.78 is 0. The van der Waals surface area contributed by atoms with Crippen molar-refractivity contribution in [3.63, 3.8) is 0 Å². The van der Waals surface area contributed by atoms with Gasteiger partial charge in [0.15, 0.2) is 0 Å². The van der Waals surface area contributed by atoms with Crippen LogP contribution < -0.4 is 5.32 Å². The molecule has 4 rings (SSSR count). The van der Waals surface area contributed by atoms with Crippen LogP contribution in [-0.4, -0.2) is 48.8 Å². The van der Waals surface area contributed by atoms with E-state index in [9.17, 15) is 9.59 Å². The maximum Gasteiger partial charge on any atom is 0.253 e. The van der Waals surface area contributed by atoms with Crippen molar-refractivity contribution < 1.29 is 9.59 Å². The molecule has 0 saturated heterocycles. The Hall–Kier alpha value is -2.96. The zero-order chi connectivity index (χ0) is 21.1. The van der Waals surface area contributed by atoms with E-state index in [2.05, 4.69) is 33.8 Å². The molecule has 1 aliphatic rings. The molecule has 0 saturated carbocycles. The Morgan fingerprint density at radius 2 is 1.90 bits per heavy atom. The highest BCUT2D eigenvalue weighted by molar-refractivity contribution is 7.10. The third kappa shape index (κ3) is 4.30. The molecular weight excluding hydrogens is 394 g/mol. The lowest BCUT2D eigenvalue weighted by Crippen LogP contribution is -2.40. The molecule has 0 unspecified atom stereocenters. The van der Waals surface area contributed by atoms with Crippen molar-refractivity contribution in [1.29, 1.82) is 0 Å². The van der Waals surface area contributed by atoms with E-state index in [0.717, 1.165) is 13.0 Å². The summed E-state index contributed by atoms with van der Waals surface area (Å²) in [5.41, 5.74) is 3.69. The minimum absolute atomic E-state index is 0.0774. The van der Waals surface area contributed by atoms with E-state index in [4.69, 9.17) is 0 Å². The molecule has 0 fully saturated rings. The number of thiophene rings is 1. The second-order valence-corrected chi connectivity index (χ2v) is 8.66. The number of nitrogens with one attached hydrogen (secondary N) is 1. The third-order valence-electron chi connectivity index (χ3n) is 5.33. The topological polar surface area (TPSA) is 52.7 Å². The van der Waals surface area contributed by atoms with Gasteiger partial charge in [-0.25, -0.2) is 0 Å². The van der Waals surface area contributed by atoms with Crippen LogP contribution in [0.3, 0.4) is 0 Å². The van der Waals surface area contributed by atoms with Crippen LogP contribution >= 0.6 is 11.3 Å². The molecule has 0 spiro atoms. The molecule has 3 aromatic rings. The Labute approximate surface area is 180 Å². The molecule has 1 aromatic heterocycles. The Balaban J connectivity index is 1.51. The fraction of sp³-hybridized carbons (Fsp3) is 0.250. The number of amides is 2. The van der Waals surface area contributed by atoms with E-state index in [-0.39, 0.29) is 17.9 Å². The van der Waals surface area contributed by atoms with Gasteiger partial charge in [0, 0.05) is 36.8 Å². The van der Waals surface area contributed by atoms with Crippen molar-refractivity contribution in [1.82, 2.24) is 9.80 Å². The summed E-state index contributed by atoms with van der Waals surface area (Å²) in [6.07, 6.45) is 0.955. The van der Waals surface area contributed by atoms with Crippen molar-refractivity contribution in [3.8, 4) is 0 Å². The van der Waals surface area contributed by atoms with E-state index < -0.39 is 0 Å². The van der Waals surface area contributed by atoms with Gasteiger partial charge < -0.3 is 10.2 Å². The van der Waals surface area contributed by atoms with Gasteiger partial charge in [0.1, 0.15) is 0 Å². The van der Waals surface area contributed by atoms with Gasteiger partial charge in [-0.2, -0.15) is 0 Å². The fourth-order valence-electron chi connectivity index (χ4n) is 3.94. The summed E-state index contributed by atoms with van der Waals surface area (Å²) in [4.78, 5) is 30.2. The molecule has 2 aromatic carbocycles. The van der Waals surface area contributed by atoms with Gasteiger partial charge in [-0.05, 0) is 47.2 Å². The zero-order valence-corrected chi connectivity index (χ0v) is 18.0. The summed E-state index contributed by atoms with van der Waals surface area (Å²) in [5, 5.41) is 5.10. The maximum absolute atomic E-state index is 12.9. The average Bonchev–Trinajstić information content (AvgIpc) is 3.22. The minimum atomic E-state index is -0.0868. The lowest BCUT2D eigenvalue weighted by atomic mass is 9.93. The number of nitrogens with zero attached hydrogens (tertiary/aromatic N) is 2. The lowest BCUT2D eigenvalue weighted by Gasteiger charge is -2.35. The van der Waals surface area contributed by atoms with Crippen molar-refractivity contribution in [2.75, 3.05) is 32.5 Å². The van der Waals surface area contributed by atoms with Gasteiger partial charge in [-0.15, -0.1) is 11.3 Å². The van der Waals surface area contributed by atoms with Gasteiger partial charge in [0.25, 0.3) is 5.91 Å². The number of fused-ring (bicyclic) bond motifs is 1. The van der Waals surface area contributed by atoms with Crippen molar-refractivity contribution in [2.45, 2.75) is 12.5 Å². The Morgan fingerprint density at radius 1 is 1.10 bits per heavy atom. The molecule has 0 bridgehead atoms. The summed E-state index contributed by atoms with van der Waals surface area (Å²) in [5.74, 6) is -0.166. The highest BCUT2D eigenvalue weighted by atomic mass is 32.1. The number of anilines is 1. The molecule has 30 heavy (non-hydrogen) atoms. The highest BCUT2D eigenvalue weighted by Gasteiger charge is 2.30. The minimum Gasteiger partial charge on any atom is -0.345 e. The van der Waals surface area contributed by atoms with Crippen LogP contribution in [0.5, 0.6) is 0 Å². The molecule has 5 nitrogen and oxygen atoms in total. The molecule has 1 N–H and O–H groups in total. The van der Waals surface area contributed by atoms with Gasteiger partial charge in [-0.1, -0.05) is 36.4 Å². The summed E-state index contributed by atoms with van der Waals surface area (Å²) in [6, 6.07) is 19.7. The van der Waals surface area contributed by atoms with Crippen LogP contribution in [0.25, 0.3) is 0 Å². The quantitative estimate of drug-likeness (QED) is 0.679. The maximum atomic E-state index is 12.9. The first kappa shape index (κ1) is 20.3. The number of carbonyl (C=O) groups is 2. The normalized spacial score (nSPS) is 16.0. The van der Waals surface area contributed by atoms with Crippen molar-refractivity contribution in [2.24, 2.45) is 0 Å². The van der Waals surface area contributed by atoms with E-state index in [1.165, 1.54) is 20.9 Å². The van der Waals surface area contributed by atoms with Crippen LogP contribution in [0.2, 0.25) is 0 Å². The van der Waals surface area contributed by atoms with Crippen LogP contribution in [0.4, 0.5) is 5.69 Å². The largest absolute Gasteiger partial charge is 0.345 e. The number of benzene rings is 2. The summed E-state index contributed by atoms with van der Waals surface area (Å²) in [6.45, 7) is 1.13. The molecular formula is C24H25N3O2S. The van der Waals surface area contributed by atoms with Crippen molar-refractivity contribution in [3.05, 3.63) is 87.6 Å². The second-order valence-electron chi connectivity index (χ2n) is 7.66. The predicted octanol–water partition coefficient (Wildman–Crippen LogP) is 4.04. The van der Waals surface area contributed by atoms with E-state index in [0.29, 0.717) is 17.8 Å².